The van der Waals surface area contributed by atoms with Crippen molar-refractivity contribution >= 4 is 40.9 Å². The Morgan fingerprint density at radius 3 is 2.45 bits per heavy atom. The SMILES string of the molecule is CC(=O)Nc1cccc(C(=O)OCC(=O)N2CCN(c3ncc(C(F)(F)F)cc3Cl)CC2)c1. The van der Waals surface area contributed by atoms with E-state index in [1.54, 1.807) is 17.0 Å². The fourth-order valence-electron chi connectivity index (χ4n) is 3.22. The lowest BCUT2D eigenvalue weighted by molar-refractivity contribution is -0.138. The van der Waals surface area contributed by atoms with Gasteiger partial charge < -0.3 is 19.9 Å². The molecule has 1 fully saturated rings. The Morgan fingerprint density at radius 2 is 1.85 bits per heavy atom. The van der Waals surface area contributed by atoms with Gasteiger partial charge in [-0.1, -0.05) is 17.7 Å². The molecule has 1 N–H and O–H groups in total. The Hall–Kier alpha value is -3.34. The van der Waals surface area contributed by atoms with Crippen molar-refractivity contribution < 1.29 is 32.3 Å². The molecule has 0 atom stereocenters. The van der Waals surface area contributed by atoms with Gasteiger partial charge in [0.05, 0.1) is 16.1 Å². The number of piperazine rings is 1. The molecule has 12 heteroatoms. The molecule has 0 radical (unpaired) electrons. The van der Waals surface area contributed by atoms with Gasteiger partial charge in [-0.2, -0.15) is 13.2 Å². The summed E-state index contributed by atoms with van der Waals surface area (Å²) in [5, 5.41) is 2.43. The largest absolute Gasteiger partial charge is 0.452 e. The minimum absolute atomic E-state index is 0.125. The van der Waals surface area contributed by atoms with E-state index in [0.717, 1.165) is 12.3 Å². The highest BCUT2D eigenvalue weighted by atomic mass is 35.5. The molecule has 0 unspecified atom stereocenters. The van der Waals surface area contributed by atoms with E-state index in [0.29, 0.717) is 18.8 Å². The number of pyridine rings is 1. The second kappa shape index (κ2) is 10.1. The third-order valence-electron chi connectivity index (χ3n) is 4.83. The Labute approximate surface area is 192 Å². The van der Waals surface area contributed by atoms with Gasteiger partial charge in [0.1, 0.15) is 5.82 Å². The molecule has 33 heavy (non-hydrogen) atoms. The fraction of sp³-hybridized carbons (Fsp3) is 0.333. The number of hydrogen-bond acceptors (Lipinski definition) is 6. The molecule has 2 aromatic rings. The van der Waals surface area contributed by atoms with E-state index in [9.17, 15) is 27.6 Å². The molecule has 1 saturated heterocycles. The number of ether oxygens (including phenoxy) is 1. The van der Waals surface area contributed by atoms with Crippen LogP contribution in [0.5, 0.6) is 0 Å². The van der Waals surface area contributed by atoms with Crippen LogP contribution in [0.25, 0.3) is 0 Å². The number of amides is 2. The predicted octanol–water partition coefficient (Wildman–Crippen LogP) is 3.22. The summed E-state index contributed by atoms with van der Waals surface area (Å²) >= 11 is 5.98. The number of benzene rings is 1. The Kier molecular flexibility index (Phi) is 7.42. The number of halogens is 4. The summed E-state index contributed by atoms with van der Waals surface area (Å²) in [4.78, 5) is 42.8. The molecule has 1 aromatic carbocycles. The molecule has 2 heterocycles. The molecule has 0 bridgehead atoms. The van der Waals surface area contributed by atoms with Crippen molar-refractivity contribution in [1.29, 1.82) is 0 Å². The second-order valence-electron chi connectivity index (χ2n) is 7.23. The molecule has 2 amide bonds. The van der Waals surface area contributed by atoms with Crippen molar-refractivity contribution in [3.63, 3.8) is 0 Å². The van der Waals surface area contributed by atoms with E-state index >= 15 is 0 Å². The van der Waals surface area contributed by atoms with E-state index in [-0.39, 0.29) is 35.4 Å². The highest BCUT2D eigenvalue weighted by molar-refractivity contribution is 6.33. The number of nitrogens with zero attached hydrogens (tertiary/aromatic N) is 3. The molecular formula is C21H20ClF3N4O4. The average molecular weight is 485 g/mol. The van der Waals surface area contributed by atoms with Gasteiger partial charge in [0.25, 0.3) is 5.91 Å². The van der Waals surface area contributed by atoms with Crippen molar-refractivity contribution in [2.24, 2.45) is 0 Å². The van der Waals surface area contributed by atoms with Crippen molar-refractivity contribution in [2.75, 3.05) is 43.0 Å². The molecular weight excluding hydrogens is 465 g/mol. The third kappa shape index (κ3) is 6.35. The van der Waals surface area contributed by atoms with Crippen LogP contribution in [0.4, 0.5) is 24.7 Å². The highest BCUT2D eigenvalue weighted by Gasteiger charge is 2.32. The summed E-state index contributed by atoms with van der Waals surface area (Å²) < 4.78 is 43.4. The molecule has 1 aromatic heterocycles. The zero-order valence-electron chi connectivity index (χ0n) is 17.5. The maximum Gasteiger partial charge on any atom is 0.417 e. The normalized spacial score (nSPS) is 14.1. The number of carbonyl (C=O) groups excluding carboxylic acids is 3. The number of esters is 1. The first-order chi connectivity index (χ1) is 15.5. The number of alkyl halides is 3. The molecule has 3 rings (SSSR count). The van der Waals surface area contributed by atoms with Crippen LogP contribution in [0, 0.1) is 0 Å². The van der Waals surface area contributed by atoms with Crippen LogP contribution in [0.3, 0.4) is 0 Å². The Bertz CT molecular complexity index is 1060. The van der Waals surface area contributed by atoms with Gasteiger partial charge in [0.15, 0.2) is 6.61 Å². The number of carbonyl (C=O) groups is 3. The highest BCUT2D eigenvalue weighted by Crippen LogP contribution is 2.33. The average Bonchev–Trinajstić information content (AvgIpc) is 2.76. The smallest absolute Gasteiger partial charge is 0.417 e. The van der Waals surface area contributed by atoms with Crippen molar-refractivity contribution in [1.82, 2.24) is 9.88 Å². The number of aromatic nitrogens is 1. The van der Waals surface area contributed by atoms with Crippen molar-refractivity contribution in [3.05, 3.63) is 52.7 Å². The van der Waals surface area contributed by atoms with Gasteiger partial charge >= 0.3 is 12.1 Å². The van der Waals surface area contributed by atoms with Crippen LogP contribution in [0.1, 0.15) is 22.8 Å². The maximum absolute atomic E-state index is 12.8. The lowest BCUT2D eigenvalue weighted by Gasteiger charge is -2.35. The van der Waals surface area contributed by atoms with Crippen molar-refractivity contribution in [2.45, 2.75) is 13.1 Å². The van der Waals surface area contributed by atoms with Gasteiger partial charge in [0.2, 0.25) is 5.91 Å². The predicted molar refractivity (Wildman–Crippen MR) is 114 cm³/mol. The zero-order valence-corrected chi connectivity index (χ0v) is 18.2. The number of nitrogens with one attached hydrogen (secondary N) is 1. The van der Waals surface area contributed by atoms with Crippen LogP contribution < -0.4 is 10.2 Å². The Balaban J connectivity index is 1.52. The van der Waals surface area contributed by atoms with Crippen LogP contribution >= 0.6 is 11.6 Å². The van der Waals surface area contributed by atoms with E-state index in [4.69, 9.17) is 16.3 Å². The first-order valence-electron chi connectivity index (χ1n) is 9.85. The zero-order chi connectivity index (χ0) is 24.2. The third-order valence-corrected chi connectivity index (χ3v) is 5.10. The van der Waals surface area contributed by atoms with Crippen LogP contribution in [0.2, 0.25) is 5.02 Å². The maximum atomic E-state index is 12.8. The number of rotatable bonds is 5. The molecule has 176 valence electrons. The number of anilines is 2. The minimum atomic E-state index is -4.54. The summed E-state index contributed by atoms with van der Waals surface area (Å²) in [6.45, 7) is 1.99. The minimum Gasteiger partial charge on any atom is -0.452 e. The molecule has 1 aliphatic heterocycles. The van der Waals surface area contributed by atoms with Crippen LogP contribution in [-0.4, -0.2) is 60.5 Å². The molecule has 1 aliphatic rings. The standard InChI is InChI=1S/C21H20ClF3N4O4/c1-13(30)27-16-4-2-3-14(9-16)20(32)33-12-18(31)28-5-7-29(8-6-28)19-17(22)10-15(11-26-19)21(23,24)25/h2-4,9-11H,5-8,12H2,1H3,(H,27,30). The topological polar surface area (TPSA) is 91.8 Å². The summed E-state index contributed by atoms with van der Waals surface area (Å²) in [6, 6.07) is 6.94. The molecule has 8 nitrogen and oxygen atoms in total. The lowest BCUT2D eigenvalue weighted by atomic mass is 10.2. The van der Waals surface area contributed by atoms with Gasteiger partial charge in [-0.05, 0) is 24.3 Å². The first-order valence-corrected chi connectivity index (χ1v) is 10.2. The first kappa shape index (κ1) is 24.3. The Morgan fingerprint density at radius 1 is 1.15 bits per heavy atom. The number of hydrogen-bond donors (Lipinski definition) is 1. The monoisotopic (exact) mass is 484 g/mol. The molecule has 0 aliphatic carbocycles. The molecule has 0 spiro atoms. The summed E-state index contributed by atoms with van der Waals surface area (Å²) in [7, 11) is 0. The van der Waals surface area contributed by atoms with Gasteiger partial charge in [-0.15, -0.1) is 0 Å². The van der Waals surface area contributed by atoms with E-state index in [1.807, 2.05) is 0 Å². The van der Waals surface area contributed by atoms with Crippen LogP contribution in [-0.2, 0) is 20.5 Å². The summed E-state index contributed by atoms with van der Waals surface area (Å²) in [5.41, 5.74) is -0.327. The fourth-order valence-corrected chi connectivity index (χ4v) is 3.50. The van der Waals surface area contributed by atoms with E-state index < -0.39 is 30.2 Å². The van der Waals surface area contributed by atoms with Gasteiger partial charge in [-0.3, -0.25) is 9.59 Å². The quantitative estimate of drug-likeness (QED) is 0.655. The van der Waals surface area contributed by atoms with E-state index in [2.05, 4.69) is 10.3 Å². The van der Waals surface area contributed by atoms with Crippen LogP contribution in [0.15, 0.2) is 36.5 Å². The lowest BCUT2D eigenvalue weighted by Crippen LogP contribution is -2.50. The van der Waals surface area contributed by atoms with Crippen molar-refractivity contribution in [3.8, 4) is 0 Å². The van der Waals surface area contributed by atoms with E-state index in [1.165, 1.54) is 24.0 Å². The molecule has 0 saturated carbocycles. The summed E-state index contributed by atoms with van der Waals surface area (Å²) in [5.74, 6) is -1.20. The summed E-state index contributed by atoms with van der Waals surface area (Å²) in [6.07, 6.45) is -3.82. The van der Waals surface area contributed by atoms with Gasteiger partial charge in [-0.25, -0.2) is 9.78 Å². The second-order valence-corrected chi connectivity index (χ2v) is 7.64. The van der Waals surface area contributed by atoms with Gasteiger partial charge in [0, 0.05) is 45.0 Å².